The predicted molar refractivity (Wildman–Crippen MR) is 219 cm³/mol. The van der Waals surface area contributed by atoms with Crippen LogP contribution in [0.5, 0.6) is 11.5 Å². The van der Waals surface area contributed by atoms with Gasteiger partial charge in [-0.3, -0.25) is 34.3 Å². The number of aromatic hydroxyl groups is 1. The van der Waals surface area contributed by atoms with Crippen LogP contribution in [0.4, 0.5) is 0 Å². The van der Waals surface area contributed by atoms with Crippen molar-refractivity contribution >= 4 is 34.8 Å². The molecular weight excluding hydrogens is 717 g/mol. The fourth-order valence-electron chi connectivity index (χ4n) is 9.17. The van der Waals surface area contributed by atoms with Crippen LogP contribution in [0.1, 0.15) is 101 Å². The average molecular weight is 767 g/mol. The summed E-state index contributed by atoms with van der Waals surface area (Å²) >= 11 is 0. The van der Waals surface area contributed by atoms with E-state index in [-0.39, 0.29) is 24.5 Å². The number of rotatable bonds is 11. The van der Waals surface area contributed by atoms with Crippen LogP contribution < -0.4 is 10.1 Å². The molecule has 10 nitrogen and oxygen atoms in total. The maximum Gasteiger partial charge on any atom is 0.262 e. The number of piperidine rings is 3. The molecule has 2 N–H and O–H groups in total. The molecule has 8 rings (SSSR count). The lowest BCUT2D eigenvalue weighted by Gasteiger charge is -2.42. The van der Waals surface area contributed by atoms with Crippen LogP contribution in [0.25, 0.3) is 11.1 Å². The third-order valence-electron chi connectivity index (χ3n) is 12.3. The van der Waals surface area contributed by atoms with Gasteiger partial charge in [-0.25, -0.2) is 0 Å². The Hall–Kier alpha value is -5.58. The number of nitrogens with one attached hydrogen (secondary N) is 1. The number of hydrogen-bond acceptors (Lipinski definition) is 8. The lowest BCUT2D eigenvalue weighted by atomic mass is 9.86. The molecule has 3 fully saturated rings. The molecule has 4 heterocycles. The number of ether oxygens (including phenoxy) is 1. The summed E-state index contributed by atoms with van der Waals surface area (Å²) in [6, 6.07) is 31.4. The topological polar surface area (TPSA) is 119 Å². The van der Waals surface area contributed by atoms with E-state index in [0.29, 0.717) is 29.7 Å². The van der Waals surface area contributed by atoms with Gasteiger partial charge in [-0.05, 0) is 140 Å². The Labute approximate surface area is 334 Å². The molecule has 0 bridgehead atoms. The fraction of sp³-hybridized carbons (Fsp3) is 0.362. The molecule has 0 spiro atoms. The monoisotopic (exact) mass is 766 g/mol. The number of amides is 4. The maximum atomic E-state index is 13.4. The van der Waals surface area contributed by atoms with E-state index in [1.807, 2.05) is 30.3 Å². The Morgan fingerprint density at radius 1 is 0.737 bits per heavy atom. The first kappa shape index (κ1) is 38.3. The molecule has 4 aliphatic heterocycles. The summed E-state index contributed by atoms with van der Waals surface area (Å²) in [7, 11) is 0. The van der Waals surface area contributed by atoms with Crippen molar-refractivity contribution in [2.75, 3.05) is 39.3 Å². The van der Waals surface area contributed by atoms with Crippen LogP contribution in [0.2, 0.25) is 0 Å². The number of fused-ring (bicyclic) bond motifs is 1. The van der Waals surface area contributed by atoms with Crippen molar-refractivity contribution in [3.8, 4) is 11.5 Å². The number of allylic oxidation sites excluding steroid dienone is 1. The van der Waals surface area contributed by atoms with Crippen LogP contribution in [-0.4, -0.2) is 94.8 Å². The predicted octanol–water partition coefficient (Wildman–Crippen LogP) is 6.89. The van der Waals surface area contributed by atoms with Crippen LogP contribution in [-0.2, 0) is 9.59 Å². The molecule has 0 aromatic heterocycles. The number of hydrogen-bond donors (Lipinski definition) is 2. The summed E-state index contributed by atoms with van der Waals surface area (Å²) in [4.78, 5) is 56.8. The quantitative estimate of drug-likeness (QED) is 0.125. The minimum absolute atomic E-state index is 0.108. The fourth-order valence-corrected chi connectivity index (χ4v) is 9.17. The minimum Gasteiger partial charge on any atom is -0.508 e. The van der Waals surface area contributed by atoms with Crippen molar-refractivity contribution in [3.05, 3.63) is 130 Å². The summed E-state index contributed by atoms with van der Waals surface area (Å²) < 4.78 is 6.25. The molecule has 3 saturated heterocycles. The van der Waals surface area contributed by atoms with E-state index in [2.05, 4.69) is 70.6 Å². The smallest absolute Gasteiger partial charge is 0.262 e. The molecule has 57 heavy (non-hydrogen) atoms. The average Bonchev–Trinajstić information content (AvgIpc) is 3.49. The number of nitrogens with zero attached hydrogens (tertiary/aromatic N) is 3. The number of phenolic OH excluding ortho intramolecular Hbond substituents is 1. The molecule has 1 atom stereocenters. The van der Waals surface area contributed by atoms with Crippen LogP contribution in [0.3, 0.4) is 0 Å². The van der Waals surface area contributed by atoms with Crippen molar-refractivity contribution in [2.45, 2.75) is 69.9 Å². The van der Waals surface area contributed by atoms with E-state index < -0.39 is 23.8 Å². The van der Waals surface area contributed by atoms with E-state index in [0.717, 1.165) is 97.7 Å². The van der Waals surface area contributed by atoms with Gasteiger partial charge in [-0.15, -0.1) is 0 Å². The van der Waals surface area contributed by atoms with E-state index in [4.69, 9.17) is 4.74 Å². The van der Waals surface area contributed by atoms with Crippen molar-refractivity contribution in [3.63, 3.8) is 0 Å². The van der Waals surface area contributed by atoms with Gasteiger partial charge in [-0.1, -0.05) is 67.6 Å². The summed E-state index contributed by atoms with van der Waals surface area (Å²) in [6.45, 7) is 7.75. The number of phenols is 1. The molecule has 0 radical (unpaired) electrons. The second-order valence-corrected chi connectivity index (χ2v) is 15.6. The van der Waals surface area contributed by atoms with Gasteiger partial charge in [0, 0.05) is 19.0 Å². The molecule has 1 unspecified atom stereocenters. The lowest BCUT2D eigenvalue weighted by molar-refractivity contribution is -0.136. The van der Waals surface area contributed by atoms with Gasteiger partial charge in [0.15, 0.2) is 0 Å². The molecule has 4 aromatic carbocycles. The van der Waals surface area contributed by atoms with Crippen LogP contribution in [0, 0.1) is 0 Å². The first-order valence-electron chi connectivity index (χ1n) is 20.4. The first-order valence-corrected chi connectivity index (χ1v) is 20.4. The van der Waals surface area contributed by atoms with Gasteiger partial charge in [0.25, 0.3) is 11.8 Å². The van der Waals surface area contributed by atoms with Gasteiger partial charge in [0.05, 0.1) is 11.1 Å². The second kappa shape index (κ2) is 16.9. The van der Waals surface area contributed by atoms with E-state index in [9.17, 15) is 24.3 Å². The zero-order valence-corrected chi connectivity index (χ0v) is 32.5. The van der Waals surface area contributed by atoms with Gasteiger partial charge in [0.2, 0.25) is 11.8 Å². The van der Waals surface area contributed by atoms with Crippen molar-refractivity contribution in [2.24, 2.45) is 0 Å². The van der Waals surface area contributed by atoms with Gasteiger partial charge in [-0.2, -0.15) is 0 Å². The summed E-state index contributed by atoms with van der Waals surface area (Å²) in [5.41, 5.74) is 7.52. The molecule has 294 valence electrons. The van der Waals surface area contributed by atoms with Crippen molar-refractivity contribution < 1.29 is 29.0 Å². The molecule has 4 amide bonds. The molecular formula is C47H50N4O6. The van der Waals surface area contributed by atoms with Gasteiger partial charge in [0.1, 0.15) is 24.1 Å². The maximum absolute atomic E-state index is 13.4. The Morgan fingerprint density at radius 2 is 1.40 bits per heavy atom. The highest BCUT2D eigenvalue weighted by atomic mass is 16.5. The summed E-state index contributed by atoms with van der Waals surface area (Å²) in [6.07, 6.45) is 5.35. The molecule has 10 heteroatoms. The summed E-state index contributed by atoms with van der Waals surface area (Å²) in [5.74, 6) is -0.468. The highest BCUT2D eigenvalue weighted by Gasteiger charge is 2.45. The third-order valence-corrected chi connectivity index (χ3v) is 12.3. The van der Waals surface area contributed by atoms with E-state index >= 15 is 0 Å². The van der Waals surface area contributed by atoms with Crippen molar-refractivity contribution in [1.29, 1.82) is 0 Å². The second-order valence-electron chi connectivity index (χ2n) is 15.6. The number of benzene rings is 4. The normalized spacial score (nSPS) is 20.4. The van der Waals surface area contributed by atoms with Gasteiger partial charge >= 0.3 is 0 Å². The SMILES string of the molecule is CC/C(=C(\c1ccc(O)cc1)c1ccc(OCCN2CCC(N3CCC(c4ccc5c(c4)C(=O)N(C4CCC(=O)NC4=O)C5=O)CC3)CC2)cc1)c1ccccc1. The standard InChI is InChI=1S/C47H50N4O6/c1-2-39(32-6-4-3-5-7-32)44(33-8-13-37(52)14-9-33)34-10-15-38(16-11-34)57-29-28-49-24-22-36(23-25-49)50-26-20-31(21-27-50)35-12-17-40-41(30-35)47(56)51(46(40)55)42-18-19-43(53)48-45(42)54/h3-17,30-31,36,42,52H,2,18-29H2,1H3,(H,48,53,54)/b44-39-. The molecule has 0 saturated carbocycles. The molecule has 0 aliphatic carbocycles. The minimum atomic E-state index is -0.950. The third kappa shape index (κ3) is 8.15. The van der Waals surface area contributed by atoms with E-state index in [1.165, 1.54) is 11.1 Å². The zero-order valence-electron chi connectivity index (χ0n) is 32.5. The Morgan fingerprint density at radius 3 is 2.07 bits per heavy atom. The first-order chi connectivity index (χ1) is 27.8. The highest BCUT2D eigenvalue weighted by molar-refractivity contribution is 6.23. The number of carbonyl (C=O) groups excluding carboxylic acids is 4. The molecule has 4 aromatic rings. The Kier molecular flexibility index (Phi) is 11.3. The Balaban J connectivity index is 0.809. The number of imide groups is 2. The largest absolute Gasteiger partial charge is 0.508 e. The highest BCUT2D eigenvalue weighted by Crippen LogP contribution is 2.37. The van der Waals surface area contributed by atoms with E-state index in [1.54, 1.807) is 18.2 Å². The zero-order chi connectivity index (χ0) is 39.5. The van der Waals surface area contributed by atoms with Gasteiger partial charge < -0.3 is 14.7 Å². The van der Waals surface area contributed by atoms with Crippen LogP contribution in [0.15, 0.2) is 97.1 Å². The van der Waals surface area contributed by atoms with Crippen molar-refractivity contribution in [1.82, 2.24) is 20.0 Å². The summed E-state index contributed by atoms with van der Waals surface area (Å²) in [5, 5.41) is 12.2. The Bertz CT molecular complexity index is 2150. The number of carbonyl (C=O) groups is 4. The lowest BCUT2D eigenvalue weighted by Crippen LogP contribution is -2.54. The van der Waals surface area contributed by atoms with Crippen LogP contribution >= 0.6 is 0 Å². The molecule has 4 aliphatic rings. The number of likely N-dealkylation sites (tertiary alicyclic amines) is 2.